The van der Waals surface area contributed by atoms with Gasteiger partial charge in [-0.3, -0.25) is 0 Å². The maximum absolute atomic E-state index is 10.6. The summed E-state index contributed by atoms with van der Waals surface area (Å²) in [5, 5.41) is 13.9. The van der Waals surface area contributed by atoms with Gasteiger partial charge in [-0.1, -0.05) is 36.4 Å². The summed E-state index contributed by atoms with van der Waals surface area (Å²) in [4.78, 5) is 0. The lowest BCUT2D eigenvalue weighted by Crippen LogP contribution is -2.35. The van der Waals surface area contributed by atoms with E-state index in [1.165, 1.54) is 0 Å². The van der Waals surface area contributed by atoms with Crippen LogP contribution < -0.4 is 14.8 Å². The van der Waals surface area contributed by atoms with Gasteiger partial charge in [-0.25, -0.2) is 0 Å². The first kappa shape index (κ1) is 17.3. The molecule has 4 heteroatoms. The van der Waals surface area contributed by atoms with Gasteiger partial charge in [0.15, 0.2) is 11.5 Å². The standard InChI is InChI=1S/C19H25NO3/c1-4-23-17-11-10-15(12-18(17)22-3)13-20-14-19(2,21)16-8-6-5-7-9-16/h5-12,20-21H,4,13-14H2,1-3H3. The lowest BCUT2D eigenvalue weighted by atomic mass is 9.96. The van der Waals surface area contributed by atoms with Crippen molar-refractivity contribution in [2.45, 2.75) is 26.0 Å². The van der Waals surface area contributed by atoms with Crippen molar-refractivity contribution in [1.29, 1.82) is 0 Å². The Balaban J connectivity index is 1.96. The largest absolute Gasteiger partial charge is 0.493 e. The average molecular weight is 315 g/mol. The van der Waals surface area contributed by atoms with Gasteiger partial charge in [0.05, 0.1) is 19.3 Å². The second-order valence-corrected chi connectivity index (χ2v) is 5.66. The number of hydrogen-bond acceptors (Lipinski definition) is 4. The Bertz CT molecular complexity index is 611. The molecule has 0 aromatic heterocycles. The quantitative estimate of drug-likeness (QED) is 0.786. The van der Waals surface area contributed by atoms with Crippen LogP contribution in [0.1, 0.15) is 25.0 Å². The number of aliphatic hydroxyl groups is 1. The highest BCUT2D eigenvalue weighted by Crippen LogP contribution is 2.28. The average Bonchev–Trinajstić information content (AvgIpc) is 2.57. The molecule has 2 rings (SSSR count). The molecule has 0 bridgehead atoms. The molecule has 0 heterocycles. The molecule has 0 fully saturated rings. The van der Waals surface area contributed by atoms with Crippen LogP contribution in [0.4, 0.5) is 0 Å². The van der Waals surface area contributed by atoms with Crippen LogP contribution >= 0.6 is 0 Å². The summed E-state index contributed by atoms with van der Waals surface area (Å²) in [5.74, 6) is 1.47. The van der Waals surface area contributed by atoms with Gasteiger partial charge in [-0.2, -0.15) is 0 Å². The molecule has 4 nitrogen and oxygen atoms in total. The summed E-state index contributed by atoms with van der Waals surface area (Å²) in [5.41, 5.74) is 1.07. The Morgan fingerprint density at radius 2 is 1.83 bits per heavy atom. The van der Waals surface area contributed by atoms with Crippen LogP contribution in [-0.4, -0.2) is 25.4 Å². The topological polar surface area (TPSA) is 50.7 Å². The molecule has 0 aliphatic rings. The Hall–Kier alpha value is -2.04. The van der Waals surface area contributed by atoms with Crippen LogP contribution in [0.2, 0.25) is 0 Å². The number of hydrogen-bond donors (Lipinski definition) is 2. The highest BCUT2D eigenvalue weighted by atomic mass is 16.5. The van der Waals surface area contributed by atoms with Gasteiger partial charge in [-0.05, 0) is 37.1 Å². The van der Waals surface area contributed by atoms with Crippen LogP contribution in [0, 0.1) is 0 Å². The van der Waals surface area contributed by atoms with Crippen LogP contribution in [0.5, 0.6) is 11.5 Å². The van der Waals surface area contributed by atoms with E-state index in [4.69, 9.17) is 9.47 Å². The minimum Gasteiger partial charge on any atom is -0.493 e. The molecule has 0 spiro atoms. The summed E-state index contributed by atoms with van der Waals surface area (Å²) in [6, 6.07) is 15.5. The second-order valence-electron chi connectivity index (χ2n) is 5.66. The molecule has 0 aliphatic carbocycles. The Labute approximate surface area is 138 Å². The first-order valence-corrected chi connectivity index (χ1v) is 7.85. The number of nitrogens with one attached hydrogen (secondary N) is 1. The summed E-state index contributed by atoms with van der Waals surface area (Å²) in [6.07, 6.45) is 0. The Morgan fingerprint density at radius 1 is 1.09 bits per heavy atom. The SMILES string of the molecule is CCOc1ccc(CNCC(C)(O)c2ccccc2)cc1OC. The molecular weight excluding hydrogens is 290 g/mol. The highest BCUT2D eigenvalue weighted by Gasteiger charge is 2.22. The monoisotopic (exact) mass is 315 g/mol. The Kier molecular flexibility index (Phi) is 6.02. The van der Waals surface area contributed by atoms with Gasteiger partial charge in [-0.15, -0.1) is 0 Å². The number of benzene rings is 2. The van der Waals surface area contributed by atoms with Gasteiger partial charge >= 0.3 is 0 Å². The lowest BCUT2D eigenvalue weighted by Gasteiger charge is -2.24. The van der Waals surface area contributed by atoms with Gasteiger partial charge in [0.25, 0.3) is 0 Å². The molecule has 0 radical (unpaired) electrons. The molecule has 0 saturated carbocycles. The van der Waals surface area contributed by atoms with Gasteiger partial charge in [0.1, 0.15) is 0 Å². The van der Waals surface area contributed by atoms with Crippen molar-refractivity contribution in [3.8, 4) is 11.5 Å². The third-order valence-electron chi connectivity index (χ3n) is 3.72. The second kappa shape index (κ2) is 7.99. The highest BCUT2D eigenvalue weighted by molar-refractivity contribution is 5.43. The summed E-state index contributed by atoms with van der Waals surface area (Å²) in [6.45, 7) is 5.47. The van der Waals surface area contributed by atoms with E-state index in [1.807, 2.05) is 62.4 Å². The molecule has 2 N–H and O–H groups in total. The van der Waals surface area contributed by atoms with Gasteiger partial charge < -0.3 is 19.9 Å². The third-order valence-corrected chi connectivity index (χ3v) is 3.72. The lowest BCUT2D eigenvalue weighted by molar-refractivity contribution is 0.0566. The van der Waals surface area contributed by atoms with E-state index in [-0.39, 0.29) is 0 Å². The maximum Gasteiger partial charge on any atom is 0.161 e. The van der Waals surface area contributed by atoms with Gasteiger partial charge in [0, 0.05) is 13.1 Å². The van der Waals surface area contributed by atoms with Crippen LogP contribution in [0.3, 0.4) is 0 Å². The molecule has 0 aliphatic heterocycles. The van der Waals surface area contributed by atoms with Crippen molar-refractivity contribution in [1.82, 2.24) is 5.32 Å². The molecule has 1 atom stereocenters. The van der Waals surface area contributed by atoms with E-state index in [0.717, 1.165) is 22.6 Å². The normalized spacial score (nSPS) is 13.4. The third kappa shape index (κ3) is 4.71. The Morgan fingerprint density at radius 3 is 2.48 bits per heavy atom. The molecular formula is C19H25NO3. The maximum atomic E-state index is 10.6. The predicted octanol–water partition coefficient (Wildman–Crippen LogP) is 3.09. The number of rotatable bonds is 8. The van der Waals surface area contributed by atoms with Crippen molar-refractivity contribution < 1.29 is 14.6 Å². The molecule has 2 aromatic rings. The number of ether oxygens (including phenoxy) is 2. The van der Waals surface area contributed by atoms with Gasteiger partial charge in [0.2, 0.25) is 0 Å². The summed E-state index contributed by atoms with van der Waals surface area (Å²) < 4.78 is 10.9. The minimum atomic E-state index is -0.906. The zero-order valence-corrected chi connectivity index (χ0v) is 14.0. The van der Waals surface area contributed by atoms with Crippen molar-refractivity contribution in [2.75, 3.05) is 20.3 Å². The fourth-order valence-electron chi connectivity index (χ4n) is 2.45. The van der Waals surface area contributed by atoms with Crippen LogP contribution in [-0.2, 0) is 12.1 Å². The molecule has 0 saturated heterocycles. The fraction of sp³-hybridized carbons (Fsp3) is 0.368. The fourth-order valence-corrected chi connectivity index (χ4v) is 2.45. The first-order valence-electron chi connectivity index (χ1n) is 7.85. The van der Waals surface area contributed by atoms with E-state index in [9.17, 15) is 5.11 Å². The smallest absolute Gasteiger partial charge is 0.161 e. The van der Waals surface area contributed by atoms with E-state index in [0.29, 0.717) is 19.7 Å². The van der Waals surface area contributed by atoms with Crippen molar-refractivity contribution in [2.24, 2.45) is 0 Å². The molecule has 1 unspecified atom stereocenters. The molecule has 0 amide bonds. The minimum absolute atomic E-state index is 0.465. The van der Waals surface area contributed by atoms with E-state index >= 15 is 0 Å². The zero-order valence-electron chi connectivity index (χ0n) is 14.0. The van der Waals surface area contributed by atoms with Crippen LogP contribution in [0.25, 0.3) is 0 Å². The predicted molar refractivity (Wildman–Crippen MR) is 91.9 cm³/mol. The molecule has 124 valence electrons. The number of methoxy groups -OCH3 is 1. The van der Waals surface area contributed by atoms with Crippen LogP contribution in [0.15, 0.2) is 48.5 Å². The zero-order chi connectivity index (χ0) is 16.7. The first-order chi connectivity index (χ1) is 11.1. The summed E-state index contributed by atoms with van der Waals surface area (Å²) in [7, 11) is 1.63. The van der Waals surface area contributed by atoms with Crippen molar-refractivity contribution >= 4 is 0 Å². The van der Waals surface area contributed by atoms with Crippen molar-refractivity contribution in [3.05, 3.63) is 59.7 Å². The molecule has 2 aromatic carbocycles. The summed E-state index contributed by atoms with van der Waals surface area (Å²) >= 11 is 0. The van der Waals surface area contributed by atoms with E-state index in [2.05, 4.69) is 5.32 Å². The van der Waals surface area contributed by atoms with E-state index < -0.39 is 5.60 Å². The molecule has 23 heavy (non-hydrogen) atoms. The van der Waals surface area contributed by atoms with Crippen molar-refractivity contribution in [3.63, 3.8) is 0 Å². The van der Waals surface area contributed by atoms with E-state index in [1.54, 1.807) is 7.11 Å².